The lowest BCUT2D eigenvalue weighted by molar-refractivity contribution is 0.101. The predicted molar refractivity (Wildman–Crippen MR) is 90.6 cm³/mol. The van der Waals surface area contributed by atoms with E-state index >= 15 is 0 Å². The number of amides is 1. The summed E-state index contributed by atoms with van der Waals surface area (Å²) < 4.78 is 5.47. The summed E-state index contributed by atoms with van der Waals surface area (Å²) in [5.41, 5.74) is 3.88. The second-order valence-electron chi connectivity index (χ2n) is 5.56. The van der Waals surface area contributed by atoms with E-state index in [1.54, 1.807) is 11.7 Å². The maximum atomic E-state index is 12.5. The van der Waals surface area contributed by atoms with E-state index in [1.807, 2.05) is 35.7 Å². The van der Waals surface area contributed by atoms with E-state index in [4.69, 9.17) is 0 Å². The average Bonchev–Trinajstić information content (AvgIpc) is 3.16. The molecular formula is C16H17N5OS. The molecule has 0 aliphatic carbocycles. The first-order valence-electron chi connectivity index (χ1n) is 7.27. The van der Waals surface area contributed by atoms with Gasteiger partial charge >= 0.3 is 0 Å². The van der Waals surface area contributed by atoms with Gasteiger partial charge in [-0.05, 0) is 35.6 Å². The SMILES string of the molecule is CC(C)c1cc(C(=O)Nc2cccc(-c3csnn3)c2)n(C)n1. The summed E-state index contributed by atoms with van der Waals surface area (Å²) in [4.78, 5) is 12.5. The lowest BCUT2D eigenvalue weighted by Gasteiger charge is -2.06. The maximum Gasteiger partial charge on any atom is 0.273 e. The molecule has 6 nitrogen and oxygen atoms in total. The molecule has 0 fully saturated rings. The van der Waals surface area contributed by atoms with E-state index < -0.39 is 0 Å². The van der Waals surface area contributed by atoms with Crippen LogP contribution >= 0.6 is 11.5 Å². The van der Waals surface area contributed by atoms with Crippen molar-refractivity contribution in [3.05, 3.63) is 47.1 Å². The normalized spacial score (nSPS) is 11.0. The third-order valence-corrected chi connectivity index (χ3v) is 4.00. The number of carbonyl (C=O) groups is 1. The number of hydrogen-bond acceptors (Lipinski definition) is 5. The molecule has 1 N–H and O–H groups in total. The van der Waals surface area contributed by atoms with E-state index in [0.29, 0.717) is 11.4 Å². The summed E-state index contributed by atoms with van der Waals surface area (Å²) in [7, 11) is 1.78. The van der Waals surface area contributed by atoms with Crippen molar-refractivity contribution < 1.29 is 4.79 Å². The van der Waals surface area contributed by atoms with E-state index in [0.717, 1.165) is 17.0 Å². The van der Waals surface area contributed by atoms with Gasteiger partial charge in [-0.25, -0.2) is 0 Å². The van der Waals surface area contributed by atoms with Crippen LogP contribution in [0.25, 0.3) is 11.3 Å². The molecule has 118 valence electrons. The lowest BCUT2D eigenvalue weighted by atomic mass is 10.1. The average molecular weight is 327 g/mol. The fourth-order valence-electron chi connectivity index (χ4n) is 2.23. The van der Waals surface area contributed by atoms with E-state index in [1.165, 1.54) is 11.5 Å². The Kier molecular flexibility index (Phi) is 4.20. The van der Waals surface area contributed by atoms with E-state index in [-0.39, 0.29) is 11.8 Å². The highest BCUT2D eigenvalue weighted by molar-refractivity contribution is 7.03. The van der Waals surface area contributed by atoms with Crippen molar-refractivity contribution in [2.45, 2.75) is 19.8 Å². The van der Waals surface area contributed by atoms with Gasteiger partial charge in [-0.1, -0.05) is 30.5 Å². The fourth-order valence-corrected chi connectivity index (χ4v) is 2.69. The van der Waals surface area contributed by atoms with Crippen LogP contribution in [0.2, 0.25) is 0 Å². The highest BCUT2D eigenvalue weighted by Crippen LogP contribution is 2.22. The molecule has 0 atom stereocenters. The van der Waals surface area contributed by atoms with Crippen molar-refractivity contribution in [3.63, 3.8) is 0 Å². The molecule has 23 heavy (non-hydrogen) atoms. The molecule has 0 bridgehead atoms. The fraction of sp³-hybridized carbons (Fsp3) is 0.250. The number of carbonyl (C=O) groups excluding carboxylic acids is 1. The van der Waals surface area contributed by atoms with Crippen LogP contribution < -0.4 is 5.32 Å². The summed E-state index contributed by atoms with van der Waals surface area (Å²) in [6.07, 6.45) is 0. The van der Waals surface area contributed by atoms with Gasteiger partial charge in [0.15, 0.2) is 0 Å². The Morgan fingerprint density at radius 2 is 2.13 bits per heavy atom. The van der Waals surface area contributed by atoms with Gasteiger partial charge in [0, 0.05) is 23.7 Å². The third kappa shape index (κ3) is 3.29. The molecule has 0 unspecified atom stereocenters. The van der Waals surface area contributed by atoms with Gasteiger partial charge in [-0.2, -0.15) is 5.10 Å². The van der Waals surface area contributed by atoms with Gasteiger partial charge in [0.1, 0.15) is 11.4 Å². The molecule has 3 rings (SSSR count). The zero-order valence-electron chi connectivity index (χ0n) is 13.1. The molecule has 0 saturated heterocycles. The van der Waals surface area contributed by atoms with Gasteiger partial charge in [0.05, 0.1) is 5.69 Å². The maximum absolute atomic E-state index is 12.5. The Balaban J connectivity index is 1.82. The molecule has 0 aliphatic rings. The molecule has 2 aromatic heterocycles. The molecule has 3 aromatic rings. The van der Waals surface area contributed by atoms with Crippen LogP contribution in [0.3, 0.4) is 0 Å². The first-order chi connectivity index (χ1) is 11.0. The van der Waals surface area contributed by atoms with E-state index in [2.05, 4.69) is 33.8 Å². The molecule has 7 heteroatoms. The molecule has 0 saturated carbocycles. The topological polar surface area (TPSA) is 72.7 Å². The van der Waals surface area contributed by atoms with Gasteiger partial charge in [-0.3, -0.25) is 9.48 Å². The zero-order valence-corrected chi connectivity index (χ0v) is 14.0. The number of anilines is 1. The van der Waals surface area contributed by atoms with Gasteiger partial charge in [-0.15, -0.1) is 5.10 Å². The van der Waals surface area contributed by atoms with Gasteiger partial charge in [0.25, 0.3) is 5.91 Å². The van der Waals surface area contributed by atoms with Crippen molar-refractivity contribution in [2.24, 2.45) is 7.05 Å². The van der Waals surface area contributed by atoms with Gasteiger partial charge < -0.3 is 5.32 Å². The first kappa shape index (κ1) is 15.4. The number of benzene rings is 1. The highest BCUT2D eigenvalue weighted by Gasteiger charge is 2.15. The standard InChI is InChI=1S/C16H17N5OS/c1-10(2)13-8-15(21(3)19-13)16(22)17-12-6-4-5-11(7-12)14-9-23-20-18-14/h4-10H,1-3H3,(H,17,22). The summed E-state index contributed by atoms with van der Waals surface area (Å²) in [6.45, 7) is 4.10. The minimum absolute atomic E-state index is 0.180. The van der Waals surface area contributed by atoms with Crippen LogP contribution in [0.1, 0.15) is 35.9 Å². The summed E-state index contributed by atoms with van der Waals surface area (Å²) in [5.74, 6) is 0.101. The molecule has 2 heterocycles. The minimum Gasteiger partial charge on any atom is -0.321 e. The molecule has 0 aliphatic heterocycles. The quantitative estimate of drug-likeness (QED) is 0.798. The van der Waals surface area contributed by atoms with Crippen LogP contribution in [0.5, 0.6) is 0 Å². The first-order valence-corrected chi connectivity index (χ1v) is 8.11. The molecule has 0 radical (unpaired) electrons. The molecular weight excluding hydrogens is 310 g/mol. The van der Waals surface area contributed by atoms with Crippen molar-refractivity contribution >= 4 is 23.1 Å². The Bertz CT molecular complexity index is 823. The Morgan fingerprint density at radius 3 is 2.78 bits per heavy atom. The van der Waals surface area contributed by atoms with Crippen LogP contribution in [0, 0.1) is 0 Å². The zero-order chi connectivity index (χ0) is 16.4. The van der Waals surface area contributed by atoms with Crippen LogP contribution in [-0.4, -0.2) is 25.3 Å². The third-order valence-electron chi connectivity index (χ3n) is 3.50. The van der Waals surface area contributed by atoms with Crippen LogP contribution in [0.15, 0.2) is 35.7 Å². The Labute approximate surface area is 138 Å². The number of nitrogens with one attached hydrogen (secondary N) is 1. The number of hydrogen-bond donors (Lipinski definition) is 1. The highest BCUT2D eigenvalue weighted by atomic mass is 32.1. The van der Waals surface area contributed by atoms with Gasteiger partial charge in [0.2, 0.25) is 0 Å². The second kappa shape index (κ2) is 6.29. The Hall–Kier alpha value is -2.54. The summed E-state index contributed by atoms with van der Waals surface area (Å²) in [6, 6.07) is 9.38. The minimum atomic E-state index is -0.180. The Morgan fingerprint density at radius 1 is 1.30 bits per heavy atom. The number of rotatable bonds is 4. The number of aryl methyl sites for hydroxylation is 1. The summed E-state index contributed by atoms with van der Waals surface area (Å²) >= 11 is 1.30. The molecule has 0 spiro atoms. The smallest absolute Gasteiger partial charge is 0.273 e. The summed E-state index contributed by atoms with van der Waals surface area (Å²) in [5, 5.41) is 13.2. The number of nitrogens with zero attached hydrogens (tertiary/aromatic N) is 4. The second-order valence-corrected chi connectivity index (χ2v) is 6.17. The largest absolute Gasteiger partial charge is 0.321 e. The van der Waals surface area contributed by atoms with Crippen molar-refractivity contribution in [2.75, 3.05) is 5.32 Å². The van der Waals surface area contributed by atoms with Crippen molar-refractivity contribution in [3.8, 4) is 11.3 Å². The molecule has 1 aromatic carbocycles. The monoisotopic (exact) mass is 327 g/mol. The van der Waals surface area contributed by atoms with Crippen molar-refractivity contribution in [1.82, 2.24) is 19.4 Å². The van der Waals surface area contributed by atoms with Crippen molar-refractivity contribution in [1.29, 1.82) is 0 Å². The van der Waals surface area contributed by atoms with E-state index in [9.17, 15) is 4.79 Å². The lowest BCUT2D eigenvalue weighted by Crippen LogP contribution is -2.16. The van der Waals surface area contributed by atoms with Crippen LogP contribution in [0.4, 0.5) is 5.69 Å². The molecule has 1 amide bonds. The number of aromatic nitrogens is 4. The van der Waals surface area contributed by atoms with Crippen LogP contribution in [-0.2, 0) is 7.05 Å². The predicted octanol–water partition coefficient (Wildman–Crippen LogP) is 3.31.